The van der Waals surface area contributed by atoms with Crippen LogP contribution in [0, 0.1) is 5.82 Å². The topological polar surface area (TPSA) is 33.2 Å². The molecule has 0 saturated carbocycles. The van der Waals surface area contributed by atoms with Gasteiger partial charge in [-0.05, 0) is 36.6 Å². The number of likely N-dealkylation sites (N-methyl/N-ethyl adjacent to an activating group) is 1. The Labute approximate surface area is 163 Å². The molecular formula is C22H23FN2OS. The Balaban J connectivity index is 1.66. The van der Waals surface area contributed by atoms with E-state index in [2.05, 4.69) is 36.2 Å². The number of thiazole rings is 1. The molecule has 140 valence electrons. The van der Waals surface area contributed by atoms with Gasteiger partial charge in [0.2, 0.25) is 5.91 Å². The zero-order valence-electron chi connectivity index (χ0n) is 15.6. The van der Waals surface area contributed by atoms with Gasteiger partial charge in [-0.3, -0.25) is 4.79 Å². The average molecular weight is 383 g/mol. The maximum Gasteiger partial charge on any atom is 0.228 e. The number of aryl methyl sites for hydroxylation is 1. The highest BCUT2D eigenvalue weighted by molar-refractivity contribution is 7.13. The SMILES string of the molecule is CCc1ccc(-c2nc(CC(=O)N(CC)Cc3cccc(F)c3)cs2)cc1. The predicted molar refractivity (Wildman–Crippen MR) is 108 cm³/mol. The molecule has 5 heteroatoms. The number of benzene rings is 2. The molecule has 27 heavy (non-hydrogen) atoms. The maximum absolute atomic E-state index is 13.4. The molecule has 0 unspecified atom stereocenters. The second-order valence-electron chi connectivity index (χ2n) is 6.41. The van der Waals surface area contributed by atoms with Crippen LogP contribution in [0.25, 0.3) is 10.6 Å². The lowest BCUT2D eigenvalue weighted by Gasteiger charge is -2.20. The normalized spacial score (nSPS) is 10.8. The summed E-state index contributed by atoms with van der Waals surface area (Å²) in [7, 11) is 0. The fourth-order valence-electron chi connectivity index (χ4n) is 2.90. The molecule has 0 aliphatic rings. The molecule has 2 aromatic carbocycles. The summed E-state index contributed by atoms with van der Waals surface area (Å²) in [6.45, 7) is 5.04. The lowest BCUT2D eigenvalue weighted by atomic mass is 10.1. The molecule has 0 atom stereocenters. The number of rotatable bonds is 7. The van der Waals surface area contributed by atoms with Crippen LogP contribution >= 0.6 is 11.3 Å². The summed E-state index contributed by atoms with van der Waals surface area (Å²) in [5.41, 5.74) is 3.93. The minimum atomic E-state index is -0.283. The third-order valence-corrected chi connectivity index (χ3v) is 5.43. The molecule has 0 aliphatic carbocycles. The van der Waals surface area contributed by atoms with Crippen LogP contribution < -0.4 is 0 Å². The predicted octanol–water partition coefficient (Wildman–Crippen LogP) is 5.10. The van der Waals surface area contributed by atoms with Crippen LogP contribution in [0.3, 0.4) is 0 Å². The van der Waals surface area contributed by atoms with Crippen molar-refractivity contribution in [2.75, 3.05) is 6.54 Å². The zero-order chi connectivity index (χ0) is 19.2. The first-order valence-electron chi connectivity index (χ1n) is 9.15. The lowest BCUT2D eigenvalue weighted by molar-refractivity contribution is -0.130. The molecule has 3 nitrogen and oxygen atoms in total. The number of aromatic nitrogens is 1. The highest BCUT2D eigenvalue weighted by Gasteiger charge is 2.15. The van der Waals surface area contributed by atoms with Gasteiger partial charge in [-0.1, -0.05) is 43.3 Å². The number of hydrogen-bond acceptors (Lipinski definition) is 3. The van der Waals surface area contributed by atoms with Gasteiger partial charge in [0.1, 0.15) is 10.8 Å². The maximum atomic E-state index is 13.4. The van der Waals surface area contributed by atoms with E-state index in [0.717, 1.165) is 28.2 Å². The van der Waals surface area contributed by atoms with Crippen LogP contribution in [0.2, 0.25) is 0 Å². The van der Waals surface area contributed by atoms with Crippen molar-refractivity contribution in [2.24, 2.45) is 0 Å². The largest absolute Gasteiger partial charge is 0.338 e. The van der Waals surface area contributed by atoms with Gasteiger partial charge in [-0.25, -0.2) is 9.37 Å². The number of hydrogen-bond donors (Lipinski definition) is 0. The quantitative estimate of drug-likeness (QED) is 0.569. The summed E-state index contributed by atoms with van der Waals surface area (Å²) in [5, 5.41) is 2.87. The molecular weight excluding hydrogens is 359 g/mol. The molecule has 1 amide bonds. The van der Waals surface area contributed by atoms with E-state index in [0.29, 0.717) is 13.1 Å². The van der Waals surface area contributed by atoms with Gasteiger partial charge in [-0.15, -0.1) is 11.3 Å². The summed E-state index contributed by atoms with van der Waals surface area (Å²) in [6.07, 6.45) is 1.27. The van der Waals surface area contributed by atoms with Crippen LogP contribution in [0.1, 0.15) is 30.7 Å². The van der Waals surface area contributed by atoms with Gasteiger partial charge in [0.15, 0.2) is 0 Å². The van der Waals surface area contributed by atoms with E-state index >= 15 is 0 Å². The number of amides is 1. The molecule has 0 N–H and O–H groups in total. The Morgan fingerprint density at radius 1 is 1.11 bits per heavy atom. The van der Waals surface area contributed by atoms with Gasteiger partial charge in [0, 0.05) is 24.0 Å². The summed E-state index contributed by atoms with van der Waals surface area (Å²) >= 11 is 1.55. The minimum Gasteiger partial charge on any atom is -0.338 e. The second kappa shape index (κ2) is 8.91. The third-order valence-electron chi connectivity index (χ3n) is 4.49. The summed E-state index contributed by atoms with van der Waals surface area (Å²) in [5.74, 6) is -0.283. The lowest BCUT2D eigenvalue weighted by Crippen LogP contribution is -2.31. The molecule has 0 spiro atoms. The van der Waals surface area contributed by atoms with Crippen molar-refractivity contribution in [2.45, 2.75) is 33.2 Å². The fourth-order valence-corrected chi connectivity index (χ4v) is 3.73. The number of halogens is 1. The van der Waals surface area contributed by atoms with Crippen molar-refractivity contribution in [1.29, 1.82) is 0 Å². The molecule has 1 heterocycles. The number of carbonyl (C=O) groups is 1. The van der Waals surface area contributed by atoms with Crippen molar-refractivity contribution in [3.8, 4) is 10.6 Å². The highest BCUT2D eigenvalue weighted by Crippen LogP contribution is 2.24. The summed E-state index contributed by atoms with van der Waals surface area (Å²) in [6, 6.07) is 14.7. The molecule has 0 fully saturated rings. The van der Waals surface area contributed by atoms with Crippen molar-refractivity contribution in [3.05, 3.63) is 76.5 Å². The van der Waals surface area contributed by atoms with Gasteiger partial charge >= 0.3 is 0 Å². The van der Waals surface area contributed by atoms with E-state index in [1.807, 2.05) is 18.4 Å². The molecule has 0 radical (unpaired) electrons. The van der Waals surface area contributed by atoms with Crippen LogP contribution in [0.4, 0.5) is 4.39 Å². The van der Waals surface area contributed by atoms with E-state index in [-0.39, 0.29) is 18.1 Å². The Morgan fingerprint density at radius 3 is 2.56 bits per heavy atom. The summed E-state index contributed by atoms with van der Waals surface area (Å²) < 4.78 is 13.4. The Kier molecular flexibility index (Phi) is 6.35. The monoisotopic (exact) mass is 382 g/mol. The van der Waals surface area contributed by atoms with Crippen LogP contribution in [0.5, 0.6) is 0 Å². The minimum absolute atomic E-state index is 0.0000536. The molecule has 0 saturated heterocycles. The second-order valence-corrected chi connectivity index (χ2v) is 7.27. The Morgan fingerprint density at radius 2 is 1.89 bits per heavy atom. The number of carbonyl (C=O) groups excluding carboxylic acids is 1. The smallest absolute Gasteiger partial charge is 0.228 e. The molecule has 3 rings (SSSR count). The molecule has 0 aliphatic heterocycles. The van der Waals surface area contributed by atoms with Crippen molar-refractivity contribution < 1.29 is 9.18 Å². The van der Waals surface area contributed by atoms with Gasteiger partial charge in [0.05, 0.1) is 12.1 Å². The fraction of sp³-hybridized carbons (Fsp3) is 0.273. The first-order valence-corrected chi connectivity index (χ1v) is 10.0. The average Bonchev–Trinajstić information content (AvgIpc) is 3.14. The van der Waals surface area contributed by atoms with Crippen molar-refractivity contribution in [3.63, 3.8) is 0 Å². The van der Waals surface area contributed by atoms with E-state index in [9.17, 15) is 9.18 Å². The van der Waals surface area contributed by atoms with Crippen molar-refractivity contribution >= 4 is 17.2 Å². The van der Waals surface area contributed by atoms with Crippen LogP contribution in [-0.4, -0.2) is 22.3 Å². The Hall–Kier alpha value is -2.53. The van der Waals surface area contributed by atoms with E-state index in [4.69, 9.17) is 0 Å². The Bertz CT molecular complexity index is 905. The van der Waals surface area contributed by atoms with Crippen LogP contribution in [0.15, 0.2) is 53.9 Å². The van der Waals surface area contributed by atoms with E-state index in [1.165, 1.54) is 17.7 Å². The standard InChI is InChI=1S/C22H23FN2OS/c1-3-16-8-10-18(11-9-16)22-24-20(15-27-22)13-21(26)25(4-2)14-17-6-5-7-19(23)12-17/h5-12,15H,3-4,13-14H2,1-2H3. The van der Waals surface area contributed by atoms with E-state index < -0.39 is 0 Å². The summed E-state index contributed by atoms with van der Waals surface area (Å²) in [4.78, 5) is 19.0. The van der Waals surface area contributed by atoms with Crippen molar-refractivity contribution in [1.82, 2.24) is 9.88 Å². The molecule has 3 aromatic rings. The third kappa shape index (κ3) is 5.01. The zero-order valence-corrected chi connectivity index (χ0v) is 16.4. The highest BCUT2D eigenvalue weighted by atomic mass is 32.1. The first-order chi connectivity index (χ1) is 13.1. The number of nitrogens with zero attached hydrogens (tertiary/aromatic N) is 2. The molecule has 0 bridgehead atoms. The first kappa shape index (κ1) is 19.2. The van der Waals surface area contributed by atoms with Gasteiger partial charge in [0.25, 0.3) is 0 Å². The van der Waals surface area contributed by atoms with E-state index in [1.54, 1.807) is 22.3 Å². The van der Waals surface area contributed by atoms with Gasteiger partial charge < -0.3 is 4.90 Å². The van der Waals surface area contributed by atoms with Gasteiger partial charge in [-0.2, -0.15) is 0 Å². The van der Waals surface area contributed by atoms with Crippen LogP contribution in [-0.2, 0) is 24.2 Å². The molecule has 1 aromatic heterocycles.